The van der Waals surface area contributed by atoms with Gasteiger partial charge in [0.05, 0.1) is 19.2 Å². The molecule has 192 valence electrons. The molecule has 2 aromatic carbocycles. The van der Waals surface area contributed by atoms with Gasteiger partial charge in [-0.15, -0.1) is 0 Å². The molecule has 0 amide bonds. The summed E-state index contributed by atoms with van der Waals surface area (Å²) in [5.41, 5.74) is 3.29. The molecule has 0 aliphatic heterocycles. The first-order valence-electron chi connectivity index (χ1n) is 11.9. The molecule has 0 aliphatic rings. The Morgan fingerprint density at radius 1 is 1.00 bits per heavy atom. The van der Waals surface area contributed by atoms with Crippen LogP contribution in [0.2, 0.25) is 10.0 Å². The van der Waals surface area contributed by atoms with E-state index in [4.69, 9.17) is 27.9 Å². The van der Waals surface area contributed by atoms with E-state index in [0.29, 0.717) is 23.7 Å². The molecule has 4 rings (SSSR count). The smallest absolute Gasteiger partial charge is 0.337 e. The molecule has 0 bridgehead atoms. The lowest BCUT2D eigenvalue weighted by molar-refractivity contribution is 0.0695. The highest BCUT2D eigenvalue weighted by molar-refractivity contribution is 6.30. The fourth-order valence-electron chi connectivity index (χ4n) is 4.58. The molecule has 2 heterocycles. The number of hydrogen-bond donors (Lipinski definition) is 1. The Morgan fingerprint density at radius 2 is 1.68 bits per heavy atom. The molecule has 0 aliphatic carbocycles. The fourth-order valence-corrected chi connectivity index (χ4v) is 4.95. The number of benzene rings is 2. The summed E-state index contributed by atoms with van der Waals surface area (Å²) in [6.45, 7) is 4.37. The average molecular weight is 539 g/mol. The van der Waals surface area contributed by atoms with E-state index < -0.39 is 5.97 Å². The van der Waals surface area contributed by atoms with Crippen LogP contribution >= 0.6 is 23.2 Å². The van der Waals surface area contributed by atoms with Crippen molar-refractivity contribution in [3.63, 3.8) is 0 Å². The van der Waals surface area contributed by atoms with E-state index in [2.05, 4.69) is 0 Å². The molecule has 37 heavy (non-hydrogen) atoms. The number of carboxylic acids is 1. The lowest BCUT2D eigenvalue weighted by Gasteiger charge is -2.24. The number of carbonyl (C=O) groups is 1. The second-order valence-corrected chi connectivity index (χ2v) is 10.1. The largest absolute Gasteiger partial charge is 0.497 e. The highest BCUT2D eigenvalue weighted by atomic mass is 35.5. The number of hydrogen-bond acceptors (Lipinski definition) is 3. The van der Waals surface area contributed by atoms with Gasteiger partial charge in [-0.25, -0.2) is 4.79 Å². The zero-order valence-corrected chi connectivity index (χ0v) is 22.3. The van der Waals surface area contributed by atoms with Gasteiger partial charge in [0.1, 0.15) is 10.8 Å². The Hall–Kier alpha value is -3.48. The van der Waals surface area contributed by atoms with Gasteiger partial charge in [-0.3, -0.25) is 4.79 Å². The Morgan fingerprint density at radius 3 is 2.27 bits per heavy atom. The van der Waals surface area contributed by atoms with Gasteiger partial charge in [0.15, 0.2) is 0 Å². The molecular formula is C29H28Cl2N2O4. The van der Waals surface area contributed by atoms with Crippen LogP contribution in [-0.2, 0) is 13.0 Å². The van der Waals surface area contributed by atoms with Crippen molar-refractivity contribution < 1.29 is 14.6 Å². The minimum absolute atomic E-state index is 0.0468. The third-order valence-electron chi connectivity index (χ3n) is 6.40. The molecule has 1 N–H and O–H groups in total. The highest BCUT2D eigenvalue weighted by Crippen LogP contribution is 2.34. The summed E-state index contributed by atoms with van der Waals surface area (Å²) in [4.78, 5) is 25.1. The standard InChI is InChI=1S/C29H28Cl2N2O4/c1-18(2)33-13-12-24(29(35)36)27(33)25(21-6-8-22(30)9-7-21)14-20-15-26(31)28(34)32(17-20)16-19-4-10-23(37-3)11-5-19/h4-13,15,17-18,25H,14,16H2,1-3H3,(H,35,36). The second-order valence-electron chi connectivity index (χ2n) is 9.21. The van der Waals surface area contributed by atoms with Crippen molar-refractivity contribution in [3.05, 3.63) is 121 Å². The predicted octanol–water partition coefficient (Wildman–Crippen LogP) is 6.67. The normalized spacial score (nSPS) is 12.1. The van der Waals surface area contributed by atoms with Gasteiger partial charge in [-0.05, 0) is 73.4 Å². The molecule has 0 saturated carbocycles. The first kappa shape index (κ1) is 26.6. The quantitative estimate of drug-likeness (QED) is 0.258. The number of aromatic carboxylic acids is 1. The van der Waals surface area contributed by atoms with E-state index in [9.17, 15) is 14.7 Å². The summed E-state index contributed by atoms with van der Waals surface area (Å²) in [5, 5.41) is 10.7. The van der Waals surface area contributed by atoms with Crippen molar-refractivity contribution in [3.8, 4) is 5.75 Å². The summed E-state index contributed by atoms with van der Waals surface area (Å²) in [7, 11) is 1.60. The van der Waals surface area contributed by atoms with Crippen LogP contribution in [0.1, 0.15) is 58.5 Å². The lowest BCUT2D eigenvalue weighted by atomic mass is 9.87. The van der Waals surface area contributed by atoms with Crippen LogP contribution < -0.4 is 10.3 Å². The summed E-state index contributed by atoms with van der Waals surface area (Å²) in [6.07, 6.45) is 4.04. The van der Waals surface area contributed by atoms with E-state index in [1.165, 1.54) is 0 Å². The fraction of sp³-hybridized carbons (Fsp3) is 0.241. The first-order valence-corrected chi connectivity index (χ1v) is 12.6. The lowest BCUT2D eigenvalue weighted by Crippen LogP contribution is -2.22. The van der Waals surface area contributed by atoms with Crippen LogP contribution in [0, 0.1) is 0 Å². The van der Waals surface area contributed by atoms with E-state index >= 15 is 0 Å². The average Bonchev–Trinajstić information content (AvgIpc) is 3.32. The highest BCUT2D eigenvalue weighted by Gasteiger charge is 2.27. The maximum atomic E-state index is 12.9. The maximum absolute atomic E-state index is 12.9. The minimum atomic E-state index is -0.990. The monoisotopic (exact) mass is 538 g/mol. The van der Waals surface area contributed by atoms with Gasteiger partial charge in [-0.1, -0.05) is 47.5 Å². The molecule has 8 heteroatoms. The van der Waals surface area contributed by atoms with Gasteiger partial charge >= 0.3 is 5.97 Å². The van der Waals surface area contributed by atoms with E-state index in [0.717, 1.165) is 22.4 Å². The maximum Gasteiger partial charge on any atom is 0.337 e. The van der Waals surface area contributed by atoms with Crippen molar-refractivity contribution in [1.29, 1.82) is 0 Å². The van der Waals surface area contributed by atoms with Crippen LogP contribution in [0.3, 0.4) is 0 Å². The Kier molecular flexibility index (Phi) is 8.10. The molecule has 0 saturated heterocycles. The van der Waals surface area contributed by atoms with Crippen LogP contribution in [0.5, 0.6) is 5.75 Å². The number of methoxy groups -OCH3 is 1. The number of rotatable bonds is 9. The second kappa shape index (κ2) is 11.3. The first-order chi connectivity index (χ1) is 17.7. The van der Waals surface area contributed by atoms with E-state index in [1.54, 1.807) is 42.1 Å². The van der Waals surface area contributed by atoms with Crippen molar-refractivity contribution in [2.75, 3.05) is 7.11 Å². The van der Waals surface area contributed by atoms with E-state index in [-0.39, 0.29) is 28.1 Å². The molecule has 0 radical (unpaired) electrons. The van der Waals surface area contributed by atoms with Gasteiger partial charge in [-0.2, -0.15) is 0 Å². The van der Waals surface area contributed by atoms with Gasteiger partial charge in [0.2, 0.25) is 0 Å². The van der Waals surface area contributed by atoms with Crippen molar-refractivity contribution in [2.45, 2.75) is 38.8 Å². The summed E-state index contributed by atoms with van der Waals surface area (Å²) >= 11 is 12.6. The summed E-state index contributed by atoms with van der Waals surface area (Å²) in [5.74, 6) is -0.573. The molecular weight excluding hydrogens is 511 g/mol. The minimum Gasteiger partial charge on any atom is -0.497 e. The number of halogens is 2. The summed E-state index contributed by atoms with van der Waals surface area (Å²) < 4.78 is 8.79. The van der Waals surface area contributed by atoms with Crippen molar-refractivity contribution >= 4 is 29.2 Å². The number of nitrogens with zero attached hydrogens (tertiary/aromatic N) is 2. The van der Waals surface area contributed by atoms with Crippen LogP contribution in [0.4, 0.5) is 0 Å². The predicted molar refractivity (Wildman–Crippen MR) is 147 cm³/mol. The Bertz CT molecular complexity index is 1460. The van der Waals surface area contributed by atoms with E-state index in [1.807, 2.05) is 61.0 Å². The number of aromatic nitrogens is 2. The van der Waals surface area contributed by atoms with Gasteiger partial charge < -0.3 is 19.0 Å². The van der Waals surface area contributed by atoms with Crippen molar-refractivity contribution in [1.82, 2.24) is 9.13 Å². The Balaban J connectivity index is 1.79. The third-order valence-corrected chi connectivity index (χ3v) is 6.92. The van der Waals surface area contributed by atoms with Crippen LogP contribution in [0.15, 0.2) is 77.9 Å². The molecule has 4 aromatic rings. The summed E-state index contributed by atoms with van der Waals surface area (Å²) in [6, 6.07) is 18.2. The molecule has 1 unspecified atom stereocenters. The number of ether oxygens (including phenoxy) is 1. The SMILES string of the molecule is COc1ccc(Cn2cc(CC(c3ccc(Cl)cc3)c3c(C(=O)O)ccn3C(C)C)cc(Cl)c2=O)cc1. The van der Waals surface area contributed by atoms with Gasteiger partial charge in [0.25, 0.3) is 5.56 Å². The zero-order chi connectivity index (χ0) is 26.7. The zero-order valence-electron chi connectivity index (χ0n) is 20.8. The van der Waals surface area contributed by atoms with Crippen LogP contribution in [-0.4, -0.2) is 27.3 Å². The molecule has 2 aromatic heterocycles. The molecule has 6 nitrogen and oxygen atoms in total. The van der Waals surface area contributed by atoms with Gasteiger partial charge in [0, 0.05) is 35.1 Å². The third kappa shape index (κ3) is 5.92. The van der Waals surface area contributed by atoms with Crippen molar-refractivity contribution in [2.24, 2.45) is 0 Å². The number of pyridine rings is 1. The molecule has 1 atom stereocenters. The topological polar surface area (TPSA) is 73.5 Å². The molecule has 0 spiro atoms. The van der Waals surface area contributed by atoms with Crippen LogP contribution in [0.25, 0.3) is 0 Å². The Labute approximate surface area is 225 Å². The molecule has 0 fully saturated rings. The number of carboxylic acid groups (broad SMARTS) is 1.